The van der Waals surface area contributed by atoms with Crippen LogP contribution in [0, 0.1) is 6.92 Å². The molecule has 1 aliphatic heterocycles. The van der Waals surface area contributed by atoms with Crippen molar-refractivity contribution in [2.75, 3.05) is 32.7 Å². The number of hydrogen-bond donors (Lipinski definition) is 1. The Balaban J connectivity index is 1.31. The van der Waals surface area contributed by atoms with Crippen LogP contribution in [0.2, 0.25) is 0 Å². The second-order valence-corrected chi connectivity index (χ2v) is 8.52. The molecule has 2 amide bonds. The van der Waals surface area contributed by atoms with Crippen molar-refractivity contribution in [3.05, 3.63) is 107 Å². The predicted molar refractivity (Wildman–Crippen MR) is 131 cm³/mol. The maximum atomic E-state index is 12.7. The van der Waals surface area contributed by atoms with E-state index in [9.17, 15) is 9.59 Å². The fourth-order valence-corrected chi connectivity index (χ4v) is 4.44. The number of rotatable bonds is 7. The molecule has 0 atom stereocenters. The molecule has 0 radical (unpaired) electrons. The molecule has 170 valence electrons. The van der Waals surface area contributed by atoms with Gasteiger partial charge in [0.2, 0.25) is 5.91 Å². The molecule has 1 heterocycles. The van der Waals surface area contributed by atoms with Gasteiger partial charge < -0.3 is 10.2 Å². The summed E-state index contributed by atoms with van der Waals surface area (Å²) in [5.74, 6) is -0.0416. The number of hydrogen-bond acceptors (Lipinski definition) is 3. The van der Waals surface area contributed by atoms with Gasteiger partial charge in [-0.2, -0.15) is 0 Å². The molecule has 0 bridgehead atoms. The zero-order valence-electron chi connectivity index (χ0n) is 19.1. The number of carbonyl (C=O) groups is 2. The highest BCUT2D eigenvalue weighted by molar-refractivity contribution is 5.94. The molecular weight excluding hydrogens is 410 g/mol. The third-order valence-electron chi connectivity index (χ3n) is 6.17. The normalized spacial score (nSPS) is 14.3. The number of nitrogens with zero attached hydrogens (tertiary/aromatic N) is 2. The third kappa shape index (κ3) is 5.88. The highest BCUT2D eigenvalue weighted by atomic mass is 16.2. The summed E-state index contributed by atoms with van der Waals surface area (Å²) in [5, 5.41) is 2.87. The smallest absolute Gasteiger partial charge is 0.251 e. The van der Waals surface area contributed by atoms with Gasteiger partial charge in [-0.1, -0.05) is 78.4 Å². The number of nitrogens with one attached hydrogen (secondary N) is 1. The molecule has 0 aliphatic carbocycles. The molecule has 5 nitrogen and oxygen atoms in total. The van der Waals surface area contributed by atoms with Crippen molar-refractivity contribution in [1.29, 1.82) is 0 Å². The lowest BCUT2D eigenvalue weighted by Gasteiger charge is -2.40. The van der Waals surface area contributed by atoms with Crippen LogP contribution in [0.25, 0.3) is 0 Å². The van der Waals surface area contributed by atoms with E-state index in [0.717, 1.165) is 18.7 Å². The van der Waals surface area contributed by atoms with Crippen LogP contribution in [0.4, 0.5) is 0 Å². The Kier molecular flexibility index (Phi) is 7.53. The Morgan fingerprint density at radius 1 is 0.818 bits per heavy atom. The van der Waals surface area contributed by atoms with E-state index < -0.39 is 0 Å². The van der Waals surface area contributed by atoms with Crippen molar-refractivity contribution >= 4 is 11.8 Å². The number of carbonyl (C=O) groups excluding carboxylic acids is 2. The van der Waals surface area contributed by atoms with Gasteiger partial charge in [0, 0.05) is 44.7 Å². The molecule has 0 aromatic heterocycles. The van der Waals surface area contributed by atoms with Gasteiger partial charge in [-0.15, -0.1) is 0 Å². The van der Waals surface area contributed by atoms with Gasteiger partial charge in [0.05, 0.1) is 6.04 Å². The van der Waals surface area contributed by atoms with Crippen LogP contribution in [-0.2, 0) is 4.79 Å². The minimum Gasteiger partial charge on any atom is -0.352 e. The highest BCUT2D eigenvalue weighted by Gasteiger charge is 2.27. The number of piperazine rings is 1. The van der Waals surface area contributed by atoms with Crippen molar-refractivity contribution in [1.82, 2.24) is 15.1 Å². The van der Waals surface area contributed by atoms with Gasteiger partial charge in [0.15, 0.2) is 0 Å². The Bertz CT molecular complexity index is 1020. The minimum atomic E-state index is -0.134. The Morgan fingerprint density at radius 2 is 1.42 bits per heavy atom. The summed E-state index contributed by atoms with van der Waals surface area (Å²) in [6.07, 6.45) is 0.318. The molecule has 33 heavy (non-hydrogen) atoms. The SMILES string of the molecule is Cc1cccc(C(=O)NCCC(=O)N2CCN(C(c3ccccc3)c3ccccc3)CC2)c1. The van der Waals surface area contributed by atoms with E-state index in [4.69, 9.17) is 0 Å². The fraction of sp³-hybridized carbons (Fsp3) is 0.286. The maximum Gasteiger partial charge on any atom is 0.251 e. The molecule has 1 fully saturated rings. The van der Waals surface area contributed by atoms with E-state index in [1.165, 1.54) is 11.1 Å². The van der Waals surface area contributed by atoms with Gasteiger partial charge in [-0.05, 0) is 30.2 Å². The van der Waals surface area contributed by atoms with E-state index in [0.29, 0.717) is 31.6 Å². The first kappa shape index (κ1) is 22.7. The summed E-state index contributed by atoms with van der Waals surface area (Å²) in [6, 6.07) is 28.7. The third-order valence-corrected chi connectivity index (χ3v) is 6.17. The lowest BCUT2D eigenvalue weighted by molar-refractivity contribution is -0.133. The second-order valence-electron chi connectivity index (χ2n) is 8.52. The monoisotopic (exact) mass is 441 g/mol. The number of aryl methyl sites for hydroxylation is 1. The van der Waals surface area contributed by atoms with Crippen LogP contribution in [-0.4, -0.2) is 54.3 Å². The average Bonchev–Trinajstić information content (AvgIpc) is 2.86. The molecule has 3 aromatic rings. The van der Waals surface area contributed by atoms with E-state index in [2.05, 4.69) is 58.7 Å². The predicted octanol–water partition coefficient (Wildman–Crippen LogP) is 4.05. The van der Waals surface area contributed by atoms with Crippen molar-refractivity contribution in [2.24, 2.45) is 0 Å². The van der Waals surface area contributed by atoms with Gasteiger partial charge in [-0.3, -0.25) is 14.5 Å². The van der Waals surface area contributed by atoms with Gasteiger partial charge in [0.1, 0.15) is 0 Å². The topological polar surface area (TPSA) is 52.7 Å². The van der Waals surface area contributed by atoms with E-state index in [1.54, 1.807) is 6.07 Å². The molecule has 0 spiro atoms. The van der Waals surface area contributed by atoms with Crippen molar-refractivity contribution in [3.8, 4) is 0 Å². The first-order valence-corrected chi connectivity index (χ1v) is 11.6. The van der Waals surface area contributed by atoms with Crippen molar-refractivity contribution in [3.63, 3.8) is 0 Å². The van der Waals surface area contributed by atoms with E-state index >= 15 is 0 Å². The molecule has 0 saturated carbocycles. The van der Waals surface area contributed by atoms with Crippen LogP contribution >= 0.6 is 0 Å². The number of amides is 2. The summed E-state index contributed by atoms with van der Waals surface area (Å²) in [6.45, 7) is 5.33. The minimum absolute atomic E-state index is 0.0927. The lowest BCUT2D eigenvalue weighted by Crippen LogP contribution is -2.50. The van der Waals surface area contributed by atoms with Crippen molar-refractivity contribution < 1.29 is 9.59 Å². The lowest BCUT2D eigenvalue weighted by atomic mass is 9.96. The molecular formula is C28H31N3O2. The van der Waals surface area contributed by atoms with Gasteiger partial charge in [0.25, 0.3) is 5.91 Å². The van der Waals surface area contributed by atoms with Crippen LogP contribution < -0.4 is 5.32 Å². The molecule has 1 saturated heterocycles. The molecule has 3 aromatic carbocycles. The quantitative estimate of drug-likeness (QED) is 0.602. The fourth-order valence-electron chi connectivity index (χ4n) is 4.44. The summed E-state index contributed by atoms with van der Waals surface area (Å²) in [5.41, 5.74) is 4.20. The summed E-state index contributed by atoms with van der Waals surface area (Å²) in [4.78, 5) is 29.4. The Hall–Kier alpha value is -3.44. The number of benzene rings is 3. The maximum absolute atomic E-state index is 12.7. The first-order chi connectivity index (χ1) is 16.1. The Morgan fingerprint density at radius 3 is 2.00 bits per heavy atom. The zero-order chi connectivity index (χ0) is 23.0. The van der Waals surface area contributed by atoms with Crippen LogP contribution in [0.15, 0.2) is 84.9 Å². The average molecular weight is 442 g/mol. The standard InChI is InChI=1S/C28H31N3O2/c1-22-9-8-14-25(21-22)28(33)29-16-15-26(32)30-17-19-31(20-18-30)27(23-10-4-2-5-11-23)24-12-6-3-7-13-24/h2-14,21,27H,15-20H2,1H3,(H,29,33). The second kappa shape index (κ2) is 10.9. The van der Waals surface area contributed by atoms with Gasteiger partial charge in [-0.25, -0.2) is 0 Å². The first-order valence-electron chi connectivity index (χ1n) is 11.6. The molecule has 0 unspecified atom stereocenters. The molecule has 4 rings (SSSR count). The van der Waals surface area contributed by atoms with E-state index in [1.807, 2.05) is 42.2 Å². The largest absolute Gasteiger partial charge is 0.352 e. The van der Waals surface area contributed by atoms with E-state index in [-0.39, 0.29) is 17.9 Å². The molecule has 5 heteroatoms. The van der Waals surface area contributed by atoms with Gasteiger partial charge >= 0.3 is 0 Å². The van der Waals surface area contributed by atoms with Crippen molar-refractivity contribution in [2.45, 2.75) is 19.4 Å². The Labute approximate surface area is 196 Å². The van der Waals surface area contributed by atoms with Crippen LogP contribution in [0.1, 0.15) is 39.5 Å². The molecule has 1 aliphatic rings. The highest BCUT2D eigenvalue weighted by Crippen LogP contribution is 2.29. The zero-order valence-corrected chi connectivity index (χ0v) is 19.1. The van der Waals surface area contributed by atoms with Crippen LogP contribution in [0.5, 0.6) is 0 Å². The van der Waals surface area contributed by atoms with Crippen LogP contribution in [0.3, 0.4) is 0 Å². The summed E-state index contributed by atoms with van der Waals surface area (Å²) < 4.78 is 0. The summed E-state index contributed by atoms with van der Waals surface area (Å²) >= 11 is 0. The molecule has 1 N–H and O–H groups in total. The summed E-state index contributed by atoms with van der Waals surface area (Å²) in [7, 11) is 0.